The number of benzene rings is 2. The normalized spacial score (nSPS) is 11.2. The second kappa shape index (κ2) is 7.11. The maximum Gasteiger partial charge on any atom is 0.417 e. The molecule has 7 nitrogen and oxygen atoms in total. The van der Waals surface area contributed by atoms with Gasteiger partial charge in [0.2, 0.25) is 5.13 Å². The van der Waals surface area contributed by atoms with Gasteiger partial charge in [-0.05, 0) is 12.1 Å². The molecule has 1 N–H and O–H groups in total. The molecule has 0 aliphatic carbocycles. The van der Waals surface area contributed by atoms with E-state index in [0.717, 1.165) is 23.5 Å². The summed E-state index contributed by atoms with van der Waals surface area (Å²) in [5.41, 5.74) is -1.35. The van der Waals surface area contributed by atoms with Crippen molar-refractivity contribution in [2.24, 2.45) is 0 Å². The molecule has 0 aliphatic rings. The summed E-state index contributed by atoms with van der Waals surface area (Å²) in [6.45, 7) is 0. The lowest BCUT2D eigenvalue weighted by Gasteiger charge is -2.11. The number of non-ortho nitro benzene ring substituents is 1. The number of hydrogen-bond donors (Lipinski definition) is 1. The molecule has 138 valence electrons. The highest BCUT2D eigenvalue weighted by Gasteiger charge is 2.35. The number of hydrogen-bond acceptors (Lipinski definition) is 6. The molecule has 11 heteroatoms. The quantitative estimate of drug-likeness (QED) is 0.523. The Morgan fingerprint density at radius 1 is 1.11 bits per heavy atom. The van der Waals surface area contributed by atoms with Gasteiger partial charge in [-0.3, -0.25) is 20.2 Å². The van der Waals surface area contributed by atoms with E-state index in [1.54, 1.807) is 6.07 Å². The van der Waals surface area contributed by atoms with E-state index in [-0.39, 0.29) is 15.8 Å². The largest absolute Gasteiger partial charge is 0.417 e. The average Bonchev–Trinajstić information content (AvgIpc) is 3.09. The van der Waals surface area contributed by atoms with Crippen LogP contribution in [0.2, 0.25) is 0 Å². The number of halogens is 3. The van der Waals surface area contributed by atoms with Crippen molar-refractivity contribution in [2.45, 2.75) is 6.18 Å². The average molecular weight is 394 g/mol. The van der Waals surface area contributed by atoms with E-state index < -0.39 is 28.1 Å². The molecular weight excluding hydrogens is 385 g/mol. The van der Waals surface area contributed by atoms with Crippen LogP contribution in [0.1, 0.15) is 15.9 Å². The molecule has 0 radical (unpaired) electrons. The molecule has 27 heavy (non-hydrogen) atoms. The van der Waals surface area contributed by atoms with Crippen molar-refractivity contribution in [1.82, 2.24) is 10.2 Å². The van der Waals surface area contributed by atoms with Crippen molar-refractivity contribution in [3.05, 3.63) is 69.8 Å². The molecule has 0 saturated heterocycles. The standard InChI is InChI=1S/C16H9F3N4O3S/c17-16(18,19)12-7-2-1-6-11(12)13(24)20-15-22-21-14(27-15)9-4-3-5-10(8-9)23(25)26/h1-8H,(H,20,22,24). The first-order valence-corrected chi connectivity index (χ1v) is 8.13. The Balaban J connectivity index is 1.84. The van der Waals surface area contributed by atoms with E-state index in [9.17, 15) is 28.1 Å². The summed E-state index contributed by atoms with van der Waals surface area (Å²) >= 11 is 0.885. The molecular formula is C16H9F3N4O3S. The maximum atomic E-state index is 13.0. The number of alkyl halides is 3. The highest BCUT2D eigenvalue weighted by atomic mass is 32.1. The third-order valence-electron chi connectivity index (χ3n) is 3.43. The first-order valence-electron chi connectivity index (χ1n) is 7.31. The van der Waals surface area contributed by atoms with E-state index in [1.165, 1.54) is 30.3 Å². The SMILES string of the molecule is O=C(Nc1nnc(-c2cccc([N+](=O)[O-])c2)s1)c1ccccc1C(F)(F)F. The summed E-state index contributed by atoms with van der Waals surface area (Å²) in [7, 11) is 0. The molecule has 0 spiro atoms. The second-order valence-electron chi connectivity index (χ2n) is 5.22. The van der Waals surface area contributed by atoms with Gasteiger partial charge < -0.3 is 0 Å². The second-order valence-corrected chi connectivity index (χ2v) is 6.19. The number of carbonyl (C=O) groups excluding carboxylic acids is 1. The number of rotatable bonds is 4. The number of nitrogens with zero attached hydrogens (tertiary/aromatic N) is 3. The Labute approximate surface area is 153 Å². The summed E-state index contributed by atoms with van der Waals surface area (Å²) in [5, 5.41) is 20.9. The van der Waals surface area contributed by atoms with Gasteiger partial charge in [-0.1, -0.05) is 35.6 Å². The van der Waals surface area contributed by atoms with Crippen molar-refractivity contribution >= 4 is 28.1 Å². The van der Waals surface area contributed by atoms with Gasteiger partial charge in [-0.2, -0.15) is 13.2 Å². The monoisotopic (exact) mass is 394 g/mol. The van der Waals surface area contributed by atoms with Crippen molar-refractivity contribution in [3.8, 4) is 10.6 Å². The van der Waals surface area contributed by atoms with Gasteiger partial charge in [0, 0.05) is 17.7 Å². The van der Waals surface area contributed by atoms with Gasteiger partial charge in [0.15, 0.2) is 0 Å². The van der Waals surface area contributed by atoms with Crippen molar-refractivity contribution in [3.63, 3.8) is 0 Å². The maximum absolute atomic E-state index is 13.0. The van der Waals surface area contributed by atoms with E-state index in [2.05, 4.69) is 15.5 Å². The van der Waals surface area contributed by atoms with Crippen LogP contribution in [0.3, 0.4) is 0 Å². The van der Waals surface area contributed by atoms with E-state index in [4.69, 9.17) is 0 Å². The van der Waals surface area contributed by atoms with Crippen molar-refractivity contribution in [2.75, 3.05) is 5.32 Å². The van der Waals surface area contributed by atoms with Crippen LogP contribution >= 0.6 is 11.3 Å². The van der Waals surface area contributed by atoms with Gasteiger partial charge >= 0.3 is 6.18 Å². The molecule has 1 heterocycles. The minimum Gasteiger partial charge on any atom is -0.296 e. The van der Waals surface area contributed by atoms with E-state index >= 15 is 0 Å². The highest BCUT2D eigenvalue weighted by Crippen LogP contribution is 2.33. The fraction of sp³-hybridized carbons (Fsp3) is 0.0625. The number of nitrogens with one attached hydrogen (secondary N) is 1. The zero-order valence-electron chi connectivity index (χ0n) is 13.2. The molecule has 0 unspecified atom stereocenters. The zero-order valence-corrected chi connectivity index (χ0v) is 14.0. The molecule has 0 bridgehead atoms. The van der Waals surface area contributed by atoms with Crippen molar-refractivity contribution in [1.29, 1.82) is 0 Å². The molecule has 0 aliphatic heterocycles. The van der Waals surface area contributed by atoms with Crippen LogP contribution in [-0.4, -0.2) is 21.0 Å². The van der Waals surface area contributed by atoms with Gasteiger partial charge in [-0.25, -0.2) is 0 Å². The first kappa shape index (κ1) is 18.5. The number of anilines is 1. The molecule has 3 aromatic rings. The summed E-state index contributed by atoms with van der Waals surface area (Å²) in [5.74, 6) is -0.982. The van der Waals surface area contributed by atoms with Crippen molar-refractivity contribution < 1.29 is 22.9 Å². The van der Waals surface area contributed by atoms with Gasteiger partial charge in [0.1, 0.15) is 5.01 Å². The highest BCUT2D eigenvalue weighted by molar-refractivity contribution is 7.18. The Bertz CT molecular complexity index is 1020. The summed E-state index contributed by atoms with van der Waals surface area (Å²) in [6.07, 6.45) is -4.68. The fourth-order valence-electron chi connectivity index (χ4n) is 2.24. The molecule has 1 amide bonds. The van der Waals surface area contributed by atoms with Gasteiger partial charge in [0.25, 0.3) is 11.6 Å². The van der Waals surface area contributed by atoms with Crippen LogP contribution < -0.4 is 5.32 Å². The lowest BCUT2D eigenvalue weighted by atomic mass is 10.1. The third-order valence-corrected chi connectivity index (χ3v) is 4.31. The number of amides is 1. The summed E-state index contributed by atoms with van der Waals surface area (Å²) < 4.78 is 39.0. The number of nitro groups is 1. The minimum atomic E-state index is -4.68. The van der Waals surface area contributed by atoms with Crippen LogP contribution in [0.4, 0.5) is 24.0 Å². The van der Waals surface area contributed by atoms with Crippen LogP contribution in [0, 0.1) is 10.1 Å². The Morgan fingerprint density at radius 2 is 1.85 bits per heavy atom. The van der Waals surface area contributed by atoms with E-state index in [1.807, 2.05) is 0 Å². The molecule has 0 atom stereocenters. The lowest BCUT2D eigenvalue weighted by Crippen LogP contribution is -2.18. The predicted octanol–water partition coefficient (Wildman–Crippen LogP) is 4.38. The van der Waals surface area contributed by atoms with Gasteiger partial charge in [0.05, 0.1) is 16.1 Å². The zero-order chi connectivity index (χ0) is 19.6. The van der Waals surface area contributed by atoms with Crippen LogP contribution in [-0.2, 0) is 6.18 Å². The Morgan fingerprint density at radius 3 is 2.56 bits per heavy atom. The van der Waals surface area contributed by atoms with E-state index in [0.29, 0.717) is 5.56 Å². The molecule has 2 aromatic carbocycles. The number of nitro benzene ring substituents is 1. The first-order chi connectivity index (χ1) is 12.8. The third kappa shape index (κ3) is 4.08. The van der Waals surface area contributed by atoms with Crippen LogP contribution in [0.5, 0.6) is 0 Å². The summed E-state index contributed by atoms with van der Waals surface area (Å²) in [6, 6.07) is 9.99. The molecule has 0 saturated carbocycles. The lowest BCUT2D eigenvalue weighted by molar-refractivity contribution is -0.384. The van der Waals surface area contributed by atoms with Gasteiger partial charge in [-0.15, -0.1) is 10.2 Å². The number of carbonyl (C=O) groups is 1. The topological polar surface area (TPSA) is 98.0 Å². The Kier molecular flexibility index (Phi) is 4.86. The molecule has 1 aromatic heterocycles. The van der Waals surface area contributed by atoms with Crippen LogP contribution in [0.25, 0.3) is 10.6 Å². The molecule has 0 fully saturated rings. The minimum absolute atomic E-state index is 0.0292. The smallest absolute Gasteiger partial charge is 0.296 e. The molecule has 3 rings (SSSR count). The Hall–Kier alpha value is -3.34. The fourth-order valence-corrected chi connectivity index (χ4v) is 2.97. The van der Waals surface area contributed by atoms with Crippen LogP contribution in [0.15, 0.2) is 48.5 Å². The summed E-state index contributed by atoms with van der Waals surface area (Å²) in [4.78, 5) is 22.5. The predicted molar refractivity (Wildman–Crippen MR) is 91.4 cm³/mol. The number of aromatic nitrogens is 2.